The van der Waals surface area contributed by atoms with Crippen LogP contribution >= 0.6 is 15.9 Å². The second-order valence-corrected chi connectivity index (χ2v) is 6.55. The molecule has 2 aromatic rings. The second kappa shape index (κ2) is 6.15. The highest BCUT2D eigenvalue weighted by molar-refractivity contribution is 9.10. The molecule has 0 unspecified atom stereocenters. The number of aromatic nitrogens is 3. The molecule has 0 radical (unpaired) electrons. The molecule has 0 saturated heterocycles. The van der Waals surface area contributed by atoms with E-state index in [0.717, 1.165) is 42.3 Å². The lowest BCUT2D eigenvalue weighted by molar-refractivity contribution is 0.548. The molecule has 2 aromatic heterocycles. The van der Waals surface area contributed by atoms with Gasteiger partial charge in [0.1, 0.15) is 11.6 Å². The molecular weight excluding hydrogens is 330 g/mol. The van der Waals surface area contributed by atoms with Gasteiger partial charge >= 0.3 is 0 Å². The topological polar surface area (TPSA) is 46.0 Å². The average Bonchev–Trinajstić information content (AvgIpc) is 2.92. The van der Waals surface area contributed by atoms with Gasteiger partial charge in [-0.15, -0.1) is 0 Å². The first-order chi connectivity index (χ1) is 10.1. The van der Waals surface area contributed by atoms with E-state index in [1.165, 1.54) is 5.56 Å². The fourth-order valence-electron chi connectivity index (χ4n) is 2.56. The molecule has 21 heavy (non-hydrogen) atoms. The van der Waals surface area contributed by atoms with Gasteiger partial charge in [0, 0.05) is 54.3 Å². The Morgan fingerprint density at radius 2 is 2.19 bits per heavy atom. The number of hydrogen-bond donors (Lipinski definition) is 1. The zero-order chi connectivity index (χ0) is 14.8. The van der Waals surface area contributed by atoms with E-state index in [2.05, 4.69) is 60.6 Å². The van der Waals surface area contributed by atoms with E-state index in [-0.39, 0.29) is 0 Å². The van der Waals surface area contributed by atoms with Gasteiger partial charge in [-0.1, -0.05) is 13.8 Å². The minimum absolute atomic E-state index is 0.456. The van der Waals surface area contributed by atoms with Crippen LogP contribution in [0.1, 0.15) is 25.2 Å². The Bertz CT molecular complexity index is 622. The molecular formula is C15H20BrN5. The van der Waals surface area contributed by atoms with E-state index in [1.807, 2.05) is 18.6 Å². The number of anilines is 1. The van der Waals surface area contributed by atoms with Crippen molar-refractivity contribution in [2.24, 2.45) is 0 Å². The summed E-state index contributed by atoms with van der Waals surface area (Å²) in [4.78, 5) is 11.4. The van der Waals surface area contributed by atoms with Crippen LogP contribution in [0.5, 0.6) is 0 Å². The fourth-order valence-corrected chi connectivity index (χ4v) is 2.94. The molecule has 1 aliphatic rings. The standard InChI is InChI=1S/C15H20BrN5/c1-11(2)18-8-12-7-13(16)9-19-15(12)21-6-5-20-4-3-17-14(20)10-21/h3-4,7,9,11,18H,5-6,8,10H2,1-2H3. The van der Waals surface area contributed by atoms with Gasteiger partial charge < -0.3 is 14.8 Å². The molecule has 0 amide bonds. The van der Waals surface area contributed by atoms with Gasteiger partial charge in [-0.05, 0) is 22.0 Å². The highest BCUT2D eigenvalue weighted by atomic mass is 79.9. The first kappa shape index (κ1) is 14.5. The summed E-state index contributed by atoms with van der Waals surface area (Å²) < 4.78 is 3.23. The van der Waals surface area contributed by atoms with E-state index in [9.17, 15) is 0 Å². The van der Waals surface area contributed by atoms with Crippen molar-refractivity contribution in [2.75, 3.05) is 11.4 Å². The van der Waals surface area contributed by atoms with Crippen LogP contribution in [0, 0.1) is 0 Å². The van der Waals surface area contributed by atoms with Crippen LogP contribution in [0.3, 0.4) is 0 Å². The van der Waals surface area contributed by atoms with Crippen molar-refractivity contribution in [2.45, 2.75) is 39.5 Å². The van der Waals surface area contributed by atoms with Gasteiger partial charge in [-0.2, -0.15) is 0 Å². The highest BCUT2D eigenvalue weighted by Crippen LogP contribution is 2.25. The number of nitrogens with one attached hydrogen (secondary N) is 1. The summed E-state index contributed by atoms with van der Waals surface area (Å²) in [5, 5.41) is 3.47. The second-order valence-electron chi connectivity index (χ2n) is 5.63. The normalized spacial score (nSPS) is 14.6. The predicted molar refractivity (Wildman–Crippen MR) is 87.2 cm³/mol. The Balaban J connectivity index is 1.84. The lowest BCUT2D eigenvalue weighted by Crippen LogP contribution is -2.35. The van der Waals surface area contributed by atoms with Crippen LogP contribution in [0.2, 0.25) is 0 Å². The molecule has 0 atom stereocenters. The number of imidazole rings is 1. The SMILES string of the molecule is CC(C)NCc1cc(Br)cnc1N1CCn2ccnc2C1. The molecule has 6 heteroatoms. The summed E-state index contributed by atoms with van der Waals surface area (Å²) >= 11 is 3.52. The van der Waals surface area contributed by atoms with E-state index in [0.29, 0.717) is 6.04 Å². The van der Waals surface area contributed by atoms with Crippen molar-refractivity contribution in [3.05, 3.63) is 40.5 Å². The Kier molecular flexibility index (Phi) is 4.26. The van der Waals surface area contributed by atoms with E-state index < -0.39 is 0 Å². The Hall–Kier alpha value is -1.40. The van der Waals surface area contributed by atoms with Crippen molar-refractivity contribution in [1.82, 2.24) is 19.9 Å². The van der Waals surface area contributed by atoms with Crippen LogP contribution in [0.25, 0.3) is 0 Å². The molecule has 0 fully saturated rings. The minimum Gasteiger partial charge on any atom is -0.347 e. The molecule has 5 nitrogen and oxygen atoms in total. The van der Waals surface area contributed by atoms with Crippen molar-refractivity contribution < 1.29 is 0 Å². The molecule has 1 aliphatic heterocycles. The van der Waals surface area contributed by atoms with E-state index in [1.54, 1.807) is 0 Å². The van der Waals surface area contributed by atoms with Crippen molar-refractivity contribution >= 4 is 21.7 Å². The molecule has 3 rings (SSSR count). The summed E-state index contributed by atoms with van der Waals surface area (Å²) in [5.41, 5.74) is 1.22. The van der Waals surface area contributed by atoms with Gasteiger partial charge in [-0.3, -0.25) is 0 Å². The third kappa shape index (κ3) is 3.27. The fraction of sp³-hybridized carbons (Fsp3) is 0.467. The molecule has 0 saturated carbocycles. The van der Waals surface area contributed by atoms with Crippen LogP contribution in [0.15, 0.2) is 29.1 Å². The molecule has 0 bridgehead atoms. The zero-order valence-electron chi connectivity index (χ0n) is 12.4. The number of halogens is 1. The lowest BCUT2D eigenvalue weighted by atomic mass is 10.2. The number of hydrogen-bond acceptors (Lipinski definition) is 4. The van der Waals surface area contributed by atoms with Crippen LogP contribution in [-0.4, -0.2) is 27.1 Å². The van der Waals surface area contributed by atoms with E-state index >= 15 is 0 Å². The first-order valence-electron chi connectivity index (χ1n) is 7.26. The third-order valence-electron chi connectivity index (χ3n) is 3.65. The van der Waals surface area contributed by atoms with Gasteiger partial charge in [0.2, 0.25) is 0 Å². The smallest absolute Gasteiger partial charge is 0.133 e. The molecule has 0 spiro atoms. The van der Waals surface area contributed by atoms with Gasteiger partial charge in [0.15, 0.2) is 0 Å². The Morgan fingerprint density at radius 1 is 1.33 bits per heavy atom. The van der Waals surface area contributed by atoms with Crippen LogP contribution in [-0.2, 0) is 19.6 Å². The largest absolute Gasteiger partial charge is 0.347 e. The number of fused-ring (bicyclic) bond motifs is 1. The summed E-state index contributed by atoms with van der Waals surface area (Å²) in [6.45, 7) is 7.88. The zero-order valence-corrected chi connectivity index (χ0v) is 14.0. The maximum Gasteiger partial charge on any atom is 0.133 e. The lowest BCUT2D eigenvalue weighted by Gasteiger charge is -2.30. The Morgan fingerprint density at radius 3 is 3.00 bits per heavy atom. The maximum absolute atomic E-state index is 4.64. The average molecular weight is 350 g/mol. The summed E-state index contributed by atoms with van der Waals surface area (Å²) in [6, 6.07) is 2.61. The summed E-state index contributed by atoms with van der Waals surface area (Å²) in [7, 11) is 0. The van der Waals surface area contributed by atoms with Crippen LogP contribution in [0.4, 0.5) is 5.82 Å². The summed E-state index contributed by atoms with van der Waals surface area (Å²) in [5.74, 6) is 2.16. The van der Waals surface area contributed by atoms with Crippen molar-refractivity contribution in [3.63, 3.8) is 0 Å². The minimum atomic E-state index is 0.456. The van der Waals surface area contributed by atoms with Crippen LogP contribution < -0.4 is 10.2 Å². The number of rotatable bonds is 4. The van der Waals surface area contributed by atoms with Gasteiger partial charge in [0.25, 0.3) is 0 Å². The van der Waals surface area contributed by atoms with Crippen molar-refractivity contribution in [3.8, 4) is 0 Å². The van der Waals surface area contributed by atoms with Gasteiger partial charge in [0.05, 0.1) is 6.54 Å². The van der Waals surface area contributed by atoms with Gasteiger partial charge in [-0.25, -0.2) is 9.97 Å². The monoisotopic (exact) mass is 349 g/mol. The molecule has 0 aliphatic carbocycles. The third-order valence-corrected chi connectivity index (χ3v) is 4.09. The highest BCUT2D eigenvalue weighted by Gasteiger charge is 2.20. The Labute approximate surface area is 133 Å². The predicted octanol–water partition coefficient (Wildman–Crippen LogP) is 2.56. The number of pyridine rings is 1. The first-order valence-corrected chi connectivity index (χ1v) is 8.05. The van der Waals surface area contributed by atoms with E-state index in [4.69, 9.17) is 0 Å². The maximum atomic E-state index is 4.64. The summed E-state index contributed by atoms with van der Waals surface area (Å²) in [6.07, 6.45) is 5.78. The number of nitrogens with zero attached hydrogens (tertiary/aromatic N) is 4. The molecule has 3 heterocycles. The molecule has 1 N–H and O–H groups in total. The molecule has 112 valence electrons. The molecule has 0 aromatic carbocycles. The van der Waals surface area contributed by atoms with Crippen molar-refractivity contribution in [1.29, 1.82) is 0 Å². The quantitative estimate of drug-likeness (QED) is 0.921.